The summed E-state index contributed by atoms with van der Waals surface area (Å²) in [5.74, 6) is 0.466. The van der Waals surface area contributed by atoms with Crippen molar-refractivity contribution in [1.82, 2.24) is 10.6 Å². The van der Waals surface area contributed by atoms with E-state index in [-0.39, 0.29) is 0 Å². The van der Waals surface area contributed by atoms with E-state index in [2.05, 4.69) is 17.6 Å². The van der Waals surface area contributed by atoms with Crippen molar-refractivity contribution in [3.8, 4) is 0 Å². The van der Waals surface area contributed by atoms with Gasteiger partial charge in [0.2, 0.25) is 0 Å². The number of amides is 2. The molecular formula is C9H19N3O. The summed E-state index contributed by atoms with van der Waals surface area (Å²) in [6.07, 6.45) is 3.77. The zero-order valence-electron chi connectivity index (χ0n) is 8.18. The summed E-state index contributed by atoms with van der Waals surface area (Å²) < 4.78 is 0. The molecule has 0 aliphatic carbocycles. The number of urea groups is 1. The van der Waals surface area contributed by atoms with Crippen molar-refractivity contribution in [2.24, 2.45) is 11.7 Å². The second-order valence-corrected chi connectivity index (χ2v) is 3.78. The van der Waals surface area contributed by atoms with Gasteiger partial charge in [-0.05, 0) is 25.3 Å². The maximum Gasteiger partial charge on any atom is 0.312 e. The van der Waals surface area contributed by atoms with Crippen molar-refractivity contribution in [2.75, 3.05) is 13.1 Å². The summed E-state index contributed by atoms with van der Waals surface area (Å²) in [5.41, 5.74) is 5.00. The Kier molecular flexibility index (Phi) is 4.02. The van der Waals surface area contributed by atoms with Gasteiger partial charge in [-0.3, -0.25) is 0 Å². The summed E-state index contributed by atoms with van der Waals surface area (Å²) in [6.45, 7) is 3.91. The van der Waals surface area contributed by atoms with Gasteiger partial charge in [0, 0.05) is 12.6 Å². The predicted molar refractivity (Wildman–Crippen MR) is 52.4 cm³/mol. The van der Waals surface area contributed by atoms with E-state index in [0.717, 1.165) is 6.54 Å². The van der Waals surface area contributed by atoms with E-state index in [4.69, 9.17) is 5.73 Å². The van der Waals surface area contributed by atoms with Crippen LogP contribution in [0.15, 0.2) is 0 Å². The largest absolute Gasteiger partial charge is 0.352 e. The third-order valence-corrected chi connectivity index (χ3v) is 2.63. The number of primary amides is 1. The highest BCUT2D eigenvalue weighted by Crippen LogP contribution is 2.14. The molecule has 4 heteroatoms. The minimum absolute atomic E-state index is 0.428. The fourth-order valence-electron chi connectivity index (χ4n) is 1.77. The highest BCUT2D eigenvalue weighted by Gasteiger charge is 2.19. The standard InChI is InChI=1S/C9H19N3O/c1-7(6-12-9(10)13)8-4-2-3-5-11-8/h7-8,11H,2-6H2,1H3,(H3,10,12,13). The Morgan fingerprint density at radius 1 is 1.69 bits per heavy atom. The van der Waals surface area contributed by atoms with Crippen LogP contribution in [0, 0.1) is 5.92 Å². The van der Waals surface area contributed by atoms with Gasteiger partial charge in [-0.1, -0.05) is 13.3 Å². The van der Waals surface area contributed by atoms with Gasteiger partial charge in [0.15, 0.2) is 0 Å². The zero-order valence-corrected chi connectivity index (χ0v) is 8.18. The minimum atomic E-state index is -0.428. The van der Waals surface area contributed by atoms with Crippen LogP contribution in [-0.2, 0) is 0 Å². The lowest BCUT2D eigenvalue weighted by Crippen LogP contribution is -2.44. The lowest BCUT2D eigenvalue weighted by atomic mass is 9.93. The lowest BCUT2D eigenvalue weighted by molar-refractivity contribution is 0.243. The third kappa shape index (κ3) is 3.63. The first-order valence-corrected chi connectivity index (χ1v) is 4.97. The molecule has 0 bridgehead atoms. The molecule has 0 aromatic carbocycles. The Morgan fingerprint density at radius 3 is 3.00 bits per heavy atom. The van der Waals surface area contributed by atoms with Gasteiger partial charge < -0.3 is 16.4 Å². The molecule has 1 aliphatic heterocycles. The van der Waals surface area contributed by atoms with Gasteiger partial charge >= 0.3 is 6.03 Å². The van der Waals surface area contributed by atoms with E-state index in [1.807, 2.05) is 0 Å². The van der Waals surface area contributed by atoms with Gasteiger partial charge in [-0.25, -0.2) is 4.79 Å². The molecule has 0 saturated carbocycles. The Bertz CT molecular complexity index is 166. The Balaban J connectivity index is 2.20. The average Bonchev–Trinajstić information content (AvgIpc) is 2.15. The molecule has 1 aliphatic rings. The molecule has 13 heavy (non-hydrogen) atoms. The van der Waals surface area contributed by atoms with Crippen molar-refractivity contribution >= 4 is 6.03 Å². The fourth-order valence-corrected chi connectivity index (χ4v) is 1.77. The molecule has 0 radical (unpaired) electrons. The second kappa shape index (κ2) is 5.07. The van der Waals surface area contributed by atoms with Crippen LogP contribution < -0.4 is 16.4 Å². The first-order chi connectivity index (χ1) is 6.20. The molecule has 2 atom stereocenters. The fraction of sp³-hybridized carbons (Fsp3) is 0.889. The van der Waals surface area contributed by atoms with E-state index in [9.17, 15) is 4.79 Å². The van der Waals surface area contributed by atoms with Crippen molar-refractivity contribution in [3.63, 3.8) is 0 Å². The van der Waals surface area contributed by atoms with Crippen LogP contribution in [0.2, 0.25) is 0 Å². The highest BCUT2D eigenvalue weighted by molar-refractivity contribution is 5.71. The highest BCUT2D eigenvalue weighted by atomic mass is 16.2. The average molecular weight is 185 g/mol. The SMILES string of the molecule is CC(CNC(N)=O)C1CCCCN1. The molecule has 2 unspecified atom stereocenters. The normalized spacial score (nSPS) is 25.2. The molecular weight excluding hydrogens is 166 g/mol. The lowest BCUT2D eigenvalue weighted by Gasteiger charge is -2.28. The van der Waals surface area contributed by atoms with E-state index in [1.165, 1.54) is 19.3 Å². The van der Waals surface area contributed by atoms with E-state index >= 15 is 0 Å². The number of nitrogens with one attached hydrogen (secondary N) is 2. The van der Waals surface area contributed by atoms with Crippen molar-refractivity contribution in [1.29, 1.82) is 0 Å². The molecule has 1 saturated heterocycles. The number of piperidine rings is 1. The van der Waals surface area contributed by atoms with Crippen LogP contribution in [-0.4, -0.2) is 25.2 Å². The molecule has 2 amide bonds. The number of carbonyl (C=O) groups excluding carboxylic acids is 1. The van der Waals surface area contributed by atoms with Crippen LogP contribution in [0.3, 0.4) is 0 Å². The summed E-state index contributed by atoms with van der Waals surface area (Å²) in [6, 6.07) is 0.114. The molecule has 76 valence electrons. The number of hydrogen-bond donors (Lipinski definition) is 3. The number of rotatable bonds is 3. The molecule has 0 aromatic heterocycles. The predicted octanol–water partition coefficient (Wildman–Crippen LogP) is 0.433. The number of hydrogen-bond acceptors (Lipinski definition) is 2. The van der Waals surface area contributed by atoms with Crippen molar-refractivity contribution in [2.45, 2.75) is 32.2 Å². The first-order valence-electron chi connectivity index (χ1n) is 4.97. The Labute approximate surface area is 79.3 Å². The van der Waals surface area contributed by atoms with Gasteiger partial charge in [0.1, 0.15) is 0 Å². The van der Waals surface area contributed by atoms with Crippen LogP contribution in [0.25, 0.3) is 0 Å². The number of carbonyl (C=O) groups is 1. The maximum absolute atomic E-state index is 10.5. The van der Waals surface area contributed by atoms with E-state index in [1.54, 1.807) is 0 Å². The number of nitrogens with two attached hydrogens (primary N) is 1. The Hall–Kier alpha value is -0.770. The van der Waals surface area contributed by atoms with Crippen molar-refractivity contribution < 1.29 is 4.79 Å². The second-order valence-electron chi connectivity index (χ2n) is 3.78. The molecule has 0 spiro atoms. The van der Waals surface area contributed by atoms with E-state index < -0.39 is 6.03 Å². The molecule has 1 fully saturated rings. The van der Waals surface area contributed by atoms with Crippen LogP contribution in [0.1, 0.15) is 26.2 Å². The monoisotopic (exact) mass is 185 g/mol. The van der Waals surface area contributed by atoms with E-state index in [0.29, 0.717) is 18.5 Å². The smallest absolute Gasteiger partial charge is 0.312 e. The van der Waals surface area contributed by atoms with Gasteiger partial charge in [0.05, 0.1) is 0 Å². The zero-order chi connectivity index (χ0) is 9.68. The molecule has 1 rings (SSSR count). The van der Waals surface area contributed by atoms with Gasteiger partial charge in [-0.15, -0.1) is 0 Å². The Morgan fingerprint density at radius 2 is 2.46 bits per heavy atom. The summed E-state index contributed by atoms with van der Waals surface area (Å²) in [5, 5.41) is 6.09. The van der Waals surface area contributed by atoms with Crippen LogP contribution in [0.4, 0.5) is 4.79 Å². The quantitative estimate of drug-likeness (QED) is 0.597. The minimum Gasteiger partial charge on any atom is -0.352 e. The molecule has 0 aromatic rings. The molecule has 4 nitrogen and oxygen atoms in total. The summed E-state index contributed by atoms with van der Waals surface area (Å²) in [7, 11) is 0. The topological polar surface area (TPSA) is 67.1 Å². The van der Waals surface area contributed by atoms with Crippen molar-refractivity contribution in [3.05, 3.63) is 0 Å². The summed E-state index contributed by atoms with van der Waals surface area (Å²) in [4.78, 5) is 10.5. The third-order valence-electron chi connectivity index (χ3n) is 2.63. The molecule has 1 heterocycles. The molecule has 4 N–H and O–H groups in total. The maximum atomic E-state index is 10.5. The van der Waals surface area contributed by atoms with Crippen LogP contribution in [0.5, 0.6) is 0 Å². The first kappa shape index (κ1) is 10.3. The van der Waals surface area contributed by atoms with Gasteiger partial charge in [0.25, 0.3) is 0 Å². The van der Waals surface area contributed by atoms with Crippen LogP contribution >= 0.6 is 0 Å². The summed E-state index contributed by atoms with van der Waals surface area (Å²) >= 11 is 0. The van der Waals surface area contributed by atoms with Gasteiger partial charge in [-0.2, -0.15) is 0 Å².